The van der Waals surface area contributed by atoms with Gasteiger partial charge in [0.25, 0.3) is 0 Å². The number of H-pyrrole nitrogens is 1. The fourth-order valence-electron chi connectivity index (χ4n) is 2.57. The van der Waals surface area contributed by atoms with Crippen LogP contribution < -0.4 is 5.32 Å². The summed E-state index contributed by atoms with van der Waals surface area (Å²) < 4.78 is 13.6. The molecule has 2 aromatic carbocycles. The van der Waals surface area contributed by atoms with E-state index in [0.29, 0.717) is 12.1 Å². The van der Waals surface area contributed by atoms with Crippen molar-refractivity contribution in [2.45, 2.75) is 19.9 Å². The number of carbonyl (C=O) groups is 1. The van der Waals surface area contributed by atoms with Crippen LogP contribution in [0, 0.1) is 12.7 Å². The highest BCUT2D eigenvalue weighted by atomic mass is 19.1. The van der Waals surface area contributed by atoms with Crippen molar-refractivity contribution >= 4 is 5.91 Å². The normalized spacial score (nSPS) is 10.6. The molecule has 0 aliphatic rings. The van der Waals surface area contributed by atoms with Crippen molar-refractivity contribution in [1.29, 1.82) is 0 Å². The number of nitrogens with zero attached hydrogens (tertiary/aromatic N) is 1. The van der Waals surface area contributed by atoms with Gasteiger partial charge in [-0.05, 0) is 24.6 Å². The van der Waals surface area contributed by atoms with Gasteiger partial charge in [-0.25, -0.2) is 4.39 Å². The molecule has 0 saturated carbocycles. The average Bonchev–Trinajstić information content (AvgIpc) is 3.04. The van der Waals surface area contributed by atoms with E-state index in [0.717, 1.165) is 22.4 Å². The summed E-state index contributed by atoms with van der Waals surface area (Å²) in [6, 6.07) is 14.3. The molecule has 0 aliphatic carbocycles. The van der Waals surface area contributed by atoms with Gasteiger partial charge in [0.05, 0.1) is 18.3 Å². The summed E-state index contributed by atoms with van der Waals surface area (Å²) in [5, 5.41) is 9.86. The van der Waals surface area contributed by atoms with Crippen LogP contribution in [-0.2, 0) is 17.8 Å². The Morgan fingerprint density at radius 2 is 2.00 bits per heavy atom. The zero-order valence-electron chi connectivity index (χ0n) is 13.3. The highest BCUT2D eigenvalue weighted by molar-refractivity contribution is 5.78. The van der Waals surface area contributed by atoms with Gasteiger partial charge in [-0.1, -0.05) is 42.0 Å². The number of aromatic amines is 1. The zero-order valence-corrected chi connectivity index (χ0v) is 13.3. The SMILES string of the molecule is Cc1cccc(-c2[nH]ncc2CNC(=O)Cc2ccccc2F)c1. The topological polar surface area (TPSA) is 57.8 Å². The molecule has 2 N–H and O–H groups in total. The minimum atomic E-state index is -0.364. The maximum atomic E-state index is 13.6. The Hall–Kier alpha value is -2.95. The standard InChI is InChI=1S/C19H18FN3O/c1-13-5-4-7-15(9-13)19-16(12-22-23-19)11-21-18(24)10-14-6-2-3-8-17(14)20/h2-9,12H,10-11H2,1H3,(H,21,24)(H,22,23). The maximum Gasteiger partial charge on any atom is 0.224 e. The molecule has 1 heterocycles. The number of aryl methyl sites for hydroxylation is 1. The fourth-order valence-corrected chi connectivity index (χ4v) is 2.57. The number of halogens is 1. The highest BCUT2D eigenvalue weighted by Crippen LogP contribution is 2.21. The summed E-state index contributed by atoms with van der Waals surface area (Å²) in [5.41, 5.74) is 4.33. The summed E-state index contributed by atoms with van der Waals surface area (Å²) in [6.45, 7) is 2.36. The molecule has 0 saturated heterocycles. The van der Waals surface area contributed by atoms with Gasteiger partial charge >= 0.3 is 0 Å². The Morgan fingerprint density at radius 1 is 1.17 bits per heavy atom. The lowest BCUT2D eigenvalue weighted by Crippen LogP contribution is -2.25. The molecular formula is C19H18FN3O. The third kappa shape index (κ3) is 3.68. The van der Waals surface area contributed by atoms with E-state index in [1.54, 1.807) is 24.4 Å². The molecule has 0 unspecified atom stereocenters. The van der Waals surface area contributed by atoms with Crippen molar-refractivity contribution in [3.63, 3.8) is 0 Å². The van der Waals surface area contributed by atoms with Crippen LogP contribution in [0.25, 0.3) is 11.3 Å². The van der Waals surface area contributed by atoms with Crippen LogP contribution in [0.5, 0.6) is 0 Å². The first-order valence-electron chi connectivity index (χ1n) is 7.73. The van der Waals surface area contributed by atoms with Gasteiger partial charge in [-0.2, -0.15) is 5.10 Å². The molecular weight excluding hydrogens is 305 g/mol. The van der Waals surface area contributed by atoms with Gasteiger partial charge in [0.1, 0.15) is 5.82 Å². The highest BCUT2D eigenvalue weighted by Gasteiger charge is 2.11. The number of hydrogen-bond acceptors (Lipinski definition) is 2. The van der Waals surface area contributed by atoms with Crippen molar-refractivity contribution in [2.75, 3.05) is 0 Å². The molecule has 1 aromatic heterocycles. The van der Waals surface area contributed by atoms with Crippen LogP contribution in [0.2, 0.25) is 0 Å². The van der Waals surface area contributed by atoms with E-state index in [2.05, 4.69) is 21.6 Å². The monoisotopic (exact) mass is 323 g/mol. The van der Waals surface area contributed by atoms with E-state index in [1.165, 1.54) is 6.07 Å². The first-order valence-corrected chi connectivity index (χ1v) is 7.73. The number of rotatable bonds is 5. The quantitative estimate of drug-likeness (QED) is 0.756. The molecule has 1 amide bonds. The average molecular weight is 323 g/mol. The van der Waals surface area contributed by atoms with Crippen molar-refractivity contribution in [1.82, 2.24) is 15.5 Å². The minimum absolute atomic E-state index is 0.0182. The van der Waals surface area contributed by atoms with Crippen molar-refractivity contribution < 1.29 is 9.18 Å². The van der Waals surface area contributed by atoms with Crippen LogP contribution in [0.4, 0.5) is 4.39 Å². The van der Waals surface area contributed by atoms with Crippen LogP contribution in [-0.4, -0.2) is 16.1 Å². The Labute approximate surface area is 139 Å². The molecule has 3 rings (SSSR count). The van der Waals surface area contributed by atoms with E-state index in [4.69, 9.17) is 0 Å². The lowest BCUT2D eigenvalue weighted by Gasteiger charge is -2.07. The number of amides is 1. The van der Waals surface area contributed by atoms with Crippen LogP contribution in [0.15, 0.2) is 54.7 Å². The molecule has 0 radical (unpaired) electrons. The Morgan fingerprint density at radius 3 is 2.79 bits per heavy atom. The van der Waals surface area contributed by atoms with E-state index < -0.39 is 0 Å². The molecule has 4 nitrogen and oxygen atoms in total. The fraction of sp³-hybridized carbons (Fsp3) is 0.158. The molecule has 0 spiro atoms. The van der Waals surface area contributed by atoms with Crippen molar-refractivity contribution in [3.8, 4) is 11.3 Å². The maximum absolute atomic E-state index is 13.6. The van der Waals surface area contributed by atoms with Crippen molar-refractivity contribution in [2.24, 2.45) is 0 Å². The van der Waals surface area contributed by atoms with Gasteiger partial charge in [0, 0.05) is 17.7 Å². The molecule has 24 heavy (non-hydrogen) atoms. The minimum Gasteiger partial charge on any atom is -0.352 e. The molecule has 0 bridgehead atoms. The number of aromatic nitrogens is 2. The predicted molar refractivity (Wildman–Crippen MR) is 90.7 cm³/mol. The zero-order chi connectivity index (χ0) is 16.9. The lowest BCUT2D eigenvalue weighted by molar-refractivity contribution is -0.120. The van der Waals surface area contributed by atoms with Gasteiger partial charge in [-0.3, -0.25) is 9.89 Å². The summed E-state index contributed by atoms with van der Waals surface area (Å²) in [7, 11) is 0. The summed E-state index contributed by atoms with van der Waals surface area (Å²) in [6.07, 6.45) is 1.71. The van der Waals surface area contributed by atoms with Crippen molar-refractivity contribution in [3.05, 3.63) is 77.2 Å². The molecule has 0 fully saturated rings. The lowest BCUT2D eigenvalue weighted by atomic mass is 10.1. The van der Waals surface area contributed by atoms with E-state index in [-0.39, 0.29) is 18.1 Å². The van der Waals surface area contributed by atoms with Gasteiger partial charge in [0.15, 0.2) is 0 Å². The first kappa shape index (κ1) is 15.9. The second-order valence-corrected chi connectivity index (χ2v) is 5.68. The Bertz CT molecular complexity index is 857. The molecule has 3 aromatic rings. The number of carbonyl (C=O) groups excluding carboxylic acids is 1. The summed E-state index contributed by atoms with van der Waals surface area (Å²) in [5.74, 6) is -0.590. The third-order valence-corrected chi connectivity index (χ3v) is 3.81. The van der Waals surface area contributed by atoms with E-state index in [1.807, 2.05) is 25.1 Å². The summed E-state index contributed by atoms with van der Waals surface area (Å²) >= 11 is 0. The largest absolute Gasteiger partial charge is 0.352 e. The van der Waals surface area contributed by atoms with Crippen LogP contribution in [0.3, 0.4) is 0 Å². The second kappa shape index (κ2) is 7.08. The second-order valence-electron chi connectivity index (χ2n) is 5.68. The van der Waals surface area contributed by atoms with Crippen LogP contribution >= 0.6 is 0 Å². The summed E-state index contributed by atoms with van der Waals surface area (Å²) in [4.78, 5) is 12.1. The number of hydrogen-bond donors (Lipinski definition) is 2. The Kier molecular flexibility index (Phi) is 4.70. The Balaban J connectivity index is 1.67. The predicted octanol–water partition coefficient (Wildman–Crippen LogP) is 3.38. The van der Waals surface area contributed by atoms with Gasteiger partial charge in [0.2, 0.25) is 5.91 Å². The van der Waals surface area contributed by atoms with Gasteiger partial charge in [-0.15, -0.1) is 0 Å². The van der Waals surface area contributed by atoms with E-state index >= 15 is 0 Å². The molecule has 122 valence electrons. The first-order chi connectivity index (χ1) is 11.6. The number of benzene rings is 2. The molecule has 5 heteroatoms. The van der Waals surface area contributed by atoms with E-state index in [9.17, 15) is 9.18 Å². The van der Waals surface area contributed by atoms with Crippen LogP contribution in [0.1, 0.15) is 16.7 Å². The number of nitrogens with one attached hydrogen (secondary N) is 2. The molecule has 0 aliphatic heterocycles. The molecule has 0 atom stereocenters. The van der Waals surface area contributed by atoms with Gasteiger partial charge < -0.3 is 5.32 Å². The smallest absolute Gasteiger partial charge is 0.224 e. The third-order valence-electron chi connectivity index (χ3n) is 3.81.